The van der Waals surface area contributed by atoms with Crippen LogP contribution in [0, 0.1) is 0 Å². The number of carbonyl (C=O) groups excluding carboxylic acids is 1. The van der Waals surface area contributed by atoms with Gasteiger partial charge in [0.2, 0.25) is 17.1 Å². The molecule has 0 fully saturated rings. The molecule has 9 aromatic carbocycles. The number of rotatable bonds is 8. The first-order valence-corrected chi connectivity index (χ1v) is 23.3. The maximum atomic E-state index is 14.5. The van der Waals surface area contributed by atoms with Crippen LogP contribution in [0.2, 0.25) is 10.0 Å². The van der Waals surface area contributed by atoms with E-state index in [2.05, 4.69) is 0 Å². The summed E-state index contributed by atoms with van der Waals surface area (Å²) >= 11 is 13.5. The minimum atomic E-state index is -0.570. The highest BCUT2D eigenvalue weighted by Crippen LogP contribution is 2.52. The van der Waals surface area contributed by atoms with Gasteiger partial charge in [0.1, 0.15) is 23.0 Å². The smallest absolute Gasteiger partial charge is 0.219 e. The van der Waals surface area contributed by atoms with Gasteiger partial charge >= 0.3 is 0 Å². The van der Waals surface area contributed by atoms with Crippen molar-refractivity contribution in [3.8, 4) is 33.8 Å². The van der Waals surface area contributed by atoms with Crippen molar-refractivity contribution >= 4 is 90.3 Å². The van der Waals surface area contributed by atoms with Crippen molar-refractivity contribution in [2.45, 2.75) is 6.92 Å². The number of hydrogen-bond acceptors (Lipinski definition) is 6. The van der Waals surface area contributed by atoms with Gasteiger partial charge in [0.15, 0.2) is 5.78 Å². The van der Waals surface area contributed by atoms with Crippen molar-refractivity contribution in [1.82, 2.24) is 4.58 Å². The van der Waals surface area contributed by atoms with E-state index in [4.69, 9.17) is 23.2 Å². The fourth-order valence-corrected chi connectivity index (χ4v) is 10.3. The van der Waals surface area contributed by atoms with E-state index < -0.39 is 5.78 Å². The summed E-state index contributed by atoms with van der Waals surface area (Å²) < 4.78 is 1.96. The first-order valence-electron chi connectivity index (χ1n) is 22.6. The van der Waals surface area contributed by atoms with Gasteiger partial charge in [0.05, 0.1) is 51.3 Å². The molecule has 4 N–H and O–H groups in total. The summed E-state index contributed by atoms with van der Waals surface area (Å²) in [5.74, 6) is -1.94. The third-order valence-electron chi connectivity index (χ3n) is 13.0. The maximum absolute atomic E-state index is 14.5. The van der Waals surface area contributed by atoms with Crippen molar-refractivity contribution in [3.05, 3.63) is 250 Å². The molecule has 0 saturated heterocycles. The predicted octanol–water partition coefficient (Wildman–Crippen LogP) is 16.0. The second-order valence-corrected chi connectivity index (χ2v) is 17.9. The number of Topliss-reactive ketones (excluding diaryl/α,β-unsaturated/α-hetero) is 1. The van der Waals surface area contributed by atoms with E-state index in [-0.39, 0.29) is 45.3 Å². The van der Waals surface area contributed by atoms with Crippen LogP contribution >= 0.6 is 23.2 Å². The van der Waals surface area contributed by atoms with E-state index in [1.165, 1.54) is 24.3 Å². The average Bonchev–Trinajstić information content (AvgIpc) is 3.38. The maximum Gasteiger partial charge on any atom is 0.219 e. The second-order valence-electron chi connectivity index (χ2n) is 17.1. The van der Waals surface area contributed by atoms with Crippen molar-refractivity contribution in [1.29, 1.82) is 0 Å². The third-order valence-corrected chi connectivity index (χ3v) is 13.7. The van der Waals surface area contributed by atoms with Crippen LogP contribution in [0.25, 0.3) is 49.4 Å². The third kappa shape index (κ3) is 7.40. The normalized spacial score (nSPS) is 13.6. The number of halogens is 2. The Kier molecular flexibility index (Phi) is 11.2. The number of carbonyl (C=O) groups is 1. The summed E-state index contributed by atoms with van der Waals surface area (Å²) in [5.41, 5.74) is 7.88. The Bertz CT molecular complexity index is 3770. The largest absolute Gasteiger partial charge is 0.507 e. The zero-order valence-corrected chi connectivity index (χ0v) is 39.0. The number of phenols is 2. The summed E-state index contributed by atoms with van der Waals surface area (Å²) in [6.07, 6.45) is 3.05. The molecule has 0 aromatic heterocycles. The minimum Gasteiger partial charge on any atom is -0.507 e. The number of phenolic OH excluding ortho intramolecular Hbond substituents is 2. The average molecular weight is 953 g/mol. The van der Waals surface area contributed by atoms with E-state index >= 15 is 0 Å². The summed E-state index contributed by atoms with van der Waals surface area (Å²) in [4.78, 5) is 16.4. The molecule has 9 aromatic rings. The van der Waals surface area contributed by atoms with E-state index in [0.717, 1.165) is 66.5 Å². The highest BCUT2D eigenvalue weighted by atomic mass is 35.5. The van der Waals surface area contributed by atoms with Crippen LogP contribution < -0.4 is 9.48 Å². The lowest BCUT2D eigenvalue weighted by molar-refractivity contribution is -0.111. The molecule has 9 heteroatoms. The lowest BCUT2D eigenvalue weighted by Crippen LogP contribution is -2.25. The highest BCUT2D eigenvalue weighted by molar-refractivity contribution is 6.41. The molecular weight excluding hydrogens is 912 g/mol. The van der Waals surface area contributed by atoms with Gasteiger partial charge in [-0.2, -0.15) is 4.58 Å². The molecule has 0 spiro atoms. The van der Waals surface area contributed by atoms with E-state index in [1.54, 1.807) is 6.92 Å². The SMILES string of the molecule is CC1=C(c2c(O)cc(N(c3ccccc3-c3ccccc3)c3ccc(Cl)c4ccccc34)cc2O)C(=O)C1=C1C(O)=CC(=[N+](c2ccccc2-c2ccccc2)c2ccc(Cl)c3ccccc23)C=C1O. The number of fused-ring (bicyclic) bond motifs is 2. The van der Waals surface area contributed by atoms with Crippen LogP contribution in [0.3, 0.4) is 0 Å². The molecule has 0 amide bonds. The monoisotopic (exact) mass is 951 g/mol. The number of aliphatic hydroxyl groups excluding tert-OH is 2. The summed E-state index contributed by atoms with van der Waals surface area (Å²) in [6.45, 7) is 1.66. The number of aromatic hydroxyl groups is 2. The van der Waals surface area contributed by atoms with Gasteiger partial charge in [-0.05, 0) is 60.0 Å². The highest BCUT2D eigenvalue weighted by Gasteiger charge is 2.41. The Morgan fingerprint density at radius 2 is 0.957 bits per heavy atom. The van der Waals surface area contributed by atoms with Crippen LogP contribution in [0.5, 0.6) is 11.5 Å². The van der Waals surface area contributed by atoms with Crippen molar-refractivity contribution in [2.24, 2.45) is 0 Å². The number of benzene rings is 9. The van der Waals surface area contributed by atoms with Crippen molar-refractivity contribution in [3.63, 3.8) is 0 Å². The minimum absolute atomic E-state index is 0.0543. The fourth-order valence-electron chi connectivity index (χ4n) is 9.85. The van der Waals surface area contributed by atoms with Crippen LogP contribution in [-0.2, 0) is 4.79 Å². The molecule has 0 atom stereocenters. The van der Waals surface area contributed by atoms with Crippen molar-refractivity contribution < 1.29 is 25.2 Å². The molecule has 2 aliphatic carbocycles. The van der Waals surface area contributed by atoms with Gasteiger partial charge in [-0.1, -0.05) is 157 Å². The number of ketones is 1. The van der Waals surface area contributed by atoms with Crippen LogP contribution in [0.15, 0.2) is 235 Å². The zero-order chi connectivity index (χ0) is 48.2. The quantitative estimate of drug-likeness (QED) is 0.0893. The standard InChI is InChI=1S/C61H40Cl2N2O5/c1-36-57(59-53(66)32-39(33-54(59)67)64(51-30-28-47(62)43-22-8-10-24-45(43)51)49-26-14-12-20-41(49)37-16-4-2-5-17-37)61(70)58(36)60-55(68)34-40(35-56(60)69)65(52-31-29-48(63)44-23-9-11-25-46(44)52)50-27-15-13-21-42(50)38-18-6-3-7-19-38/h2-35H,1H3,(H3,66,67,68,69)/p+1. The molecule has 0 aliphatic heterocycles. The first kappa shape index (κ1) is 43.9. The van der Waals surface area contributed by atoms with E-state index in [1.807, 2.05) is 191 Å². The van der Waals surface area contributed by atoms with Crippen molar-refractivity contribution in [2.75, 3.05) is 4.90 Å². The molecule has 7 nitrogen and oxygen atoms in total. The molecule has 0 heterocycles. The lowest BCUT2D eigenvalue weighted by Gasteiger charge is -2.31. The topological polar surface area (TPSA) is 104 Å². The van der Waals surface area contributed by atoms with Crippen LogP contribution in [0.4, 0.5) is 28.4 Å². The molecule has 0 unspecified atom stereocenters. The van der Waals surface area contributed by atoms with Gasteiger partial charge in [-0.3, -0.25) is 4.79 Å². The summed E-state index contributed by atoms with van der Waals surface area (Å²) in [5, 5.41) is 52.4. The van der Waals surface area contributed by atoms with Gasteiger partial charge in [-0.25, -0.2) is 0 Å². The molecule has 0 bridgehead atoms. The fraction of sp³-hybridized carbons (Fsp3) is 0.0164. The van der Waals surface area contributed by atoms with Gasteiger partial charge in [0.25, 0.3) is 0 Å². The second kappa shape index (κ2) is 17.8. The Labute approximate surface area is 413 Å². The van der Waals surface area contributed by atoms with Crippen LogP contribution in [0.1, 0.15) is 12.5 Å². The number of aliphatic hydroxyl groups is 2. The van der Waals surface area contributed by atoms with Gasteiger partial charge in [0, 0.05) is 67.2 Å². The predicted molar refractivity (Wildman–Crippen MR) is 286 cm³/mol. The van der Waals surface area contributed by atoms with Gasteiger partial charge < -0.3 is 25.3 Å². The zero-order valence-electron chi connectivity index (χ0n) is 37.5. The van der Waals surface area contributed by atoms with Gasteiger partial charge in [-0.15, -0.1) is 0 Å². The molecular formula is C61H41Cl2N2O5+. The molecule has 0 saturated carbocycles. The number of hydrogen-bond donors (Lipinski definition) is 4. The number of anilines is 3. The molecule has 0 radical (unpaired) electrons. The van der Waals surface area contributed by atoms with E-state index in [9.17, 15) is 25.2 Å². The molecule has 11 rings (SSSR count). The lowest BCUT2D eigenvalue weighted by atomic mass is 9.74. The Balaban J connectivity index is 1.05. The Morgan fingerprint density at radius 3 is 1.59 bits per heavy atom. The number of nitrogens with zero attached hydrogens (tertiary/aromatic N) is 2. The summed E-state index contributed by atoms with van der Waals surface area (Å²) in [7, 11) is 0. The Hall–Kier alpha value is -8.62. The molecule has 2 aliphatic rings. The Morgan fingerprint density at radius 1 is 0.457 bits per heavy atom. The van der Waals surface area contributed by atoms with E-state index in [0.29, 0.717) is 27.0 Å². The molecule has 70 heavy (non-hydrogen) atoms. The summed E-state index contributed by atoms with van der Waals surface area (Å²) in [6, 6.07) is 61.6. The number of para-hydroxylation sites is 2. The van der Waals surface area contributed by atoms with Crippen LogP contribution in [-0.4, -0.2) is 31.9 Å². The number of allylic oxidation sites excluding steroid dienone is 5. The first-order chi connectivity index (χ1) is 34.1. The molecule has 338 valence electrons.